The molecule has 1 atom stereocenters. The Labute approximate surface area is 118 Å². The van der Waals surface area contributed by atoms with Gasteiger partial charge in [-0.1, -0.05) is 37.3 Å². The summed E-state index contributed by atoms with van der Waals surface area (Å²) in [6.07, 6.45) is -0.340. The lowest BCUT2D eigenvalue weighted by molar-refractivity contribution is -0.120. The molecule has 5 nitrogen and oxygen atoms in total. The molecule has 0 spiro atoms. The van der Waals surface area contributed by atoms with Crippen LogP contribution in [0, 0.1) is 0 Å². The zero-order chi connectivity index (χ0) is 14.8. The number of ether oxygens (including phenoxy) is 1. The third kappa shape index (κ3) is 6.89. The lowest BCUT2D eigenvalue weighted by Crippen LogP contribution is -2.28. The standard InChI is InChI=1S/C15H21NO4/c1-2-13(17)10-14(18)8-9-16-15(19)20-11-12-6-4-3-5-7-12/h3-7,14,18H,2,8-11H2,1H3,(H,16,19)/t14-/m1/s1. The highest BCUT2D eigenvalue weighted by atomic mass is 16.5. The van der Waals surface area contributed by atoms with Gasteiger partial charge in [-0.3, -0.25) is 4.79 Å². The van der Waals surface area contributed by atoms with Gasteiger partial charge < -0.3 is 15.2 Å². The number of hydrogen-bond donors (Lipinski definition) is 2. The number of Topliss-reactive ketones (excluding diaryl/α,β-unsaturated/α-hetero) is 1. The number of ketones is 1. The number of hydrogen-bond acceptors (Lipinski definition) is 4. The molecular weight excluding hydrogens is 258 g/mol. The Hall–Kier alpha value is -1.88. The first-order valence-corrected chi connectivity index (χ1v) is 6.76. The summed E-state index contributed by atoms with van der Waals surface area (Å²) >= 11 is 0. The molecule has 0 unspecified atom stereocenters. The summed E-state index contributed by atoms with van der Waals surface area (Å²) < 4.78 is 5.01. The van der Waals surface area contributed by atoms with Crippen molar-refractivity contribution in [1.82, 2.24) is 5.32 Å². The number of aliphatic hydroxyl groups is 1. The predicted molar refractivity (Wildman–Crippen MR) is 75.2 cm³/mol. The number of rotatable bonds is 8. The van der Waals surface area contributed by atoms with E-state index in [1.165, 1.54) is 0 Å². The Morgan fingerprint density at radius 2 is 2.00 bits per heavy atom. The normalized spacial score (nSPS) is 11.7. The van der Waals surface area contributed by atoms with Crippen LogP contribution in [0.2, 0.25) is 0 Å². The molecule has 0 bridgehead atoms. The predicted octanol–water partition coefficient (Wildman–Crippen LogP) is 2.03. The van der Waals surface area contributed by atoms with E-state index < -0.39 is 12.2 Å². The molecule has 5 heteroatoms. The number of alkyl carbamates (subject to hydrolysis) is 1. The third-order valence-corrected chi connectivity index (χ3v) is 2.82. The Bertz CT molecular complexity index is 419. The van der Waals surface area contributed by atoms with Crippen LogP contribution in [0.15, 0.2) is 30.3 Å². The number of nitrogens with one attached hydrogen (secondary N) is 1. The molecule has 20 heavy (non-hydrogen) atoms. The van der Waals surface area contributed by atoms with Crippen molar-refractivity contribution in [1.29, 1.82) is 0 Å². The van der Waals surface area contributed by atoms with E-state index >= 15 is 0 Å². The molecule has 110 valence electrons. The van der Waals surface area contributed by atoms with Crippen LogP contribution < -0.4 is 5.32 Å². The summed E-state index contributed by atoms with van der Waals surface area (Å²) in [7, 11) is 0. The molecule has 0 aromatic heterocycles. The van der Waals surface area contributed by atoms with Crippen molar-refractivity contribution in [2.24, 2.45) is 0 Å². The van der Waals surface area contributed by atoms with Gasteiger partial charge in [-0.15, -0.1) is 0 Å². The Morgan fingerprint density at radius 3 is 2.65 bits per heavy atom. The van der Waals surface area contributed by atoms with E-state index in [4.69, 9.17) is 4.74 Å². The van der Waals surface area contributed by atoms with Gasteiger partial charge in [0.1, 0.15) is 12.4 Å². The van der Waals surface area contributed by atoms with E-state index in [0.29, 0.717) is 12.8 Å². The smallest absolute Gasteiger partial charge is 0.407 e. The minimum absolute atomic E-state index is 0.0177. The van der Waals surface area contributed by atoms with E-state index in [0.717, 1.165) is 5.56 Å². The molecule has 0 heterocycles. The minimum atomic E-state index is -0.711. The van der Waals surface area contributed by atoms with Crippen LogP contribution in [0.1, 0.15) is 31.7 Å². The van der Waals surface area contributed by atoms with Crippen molar-refractivity contribution in [3.05, 3.63) is 35.9 Å². The first-order valence-electron chi connectivity index (χ1n) is 6.76. The maximum Gasteiger partial charge on any atom is 0.407 e. The molecule has 0 saturated carbocycles. The van der Waals surface area contributed by atoms with E-state index in [-0.39, 0.29) is 25.4 Å². The highest BCUT2D eigenvalue weighted by Gasteiger charge is 2.10. The molecule has 0 fully saturated rings. The van der Waals surface area contributed by atoms with Crippen molar-refractivity contribution < 1.29 is 19.4 Å². The summed E-state index contributed by atoms with van der Waals surface area (Å²) in [4.78, 5) is 22.5. The maximum absolute atomic E-state index is 11.4. The average molecular weight is 279 g/mol. The molecule has 1 amide bonds. The highest BCUT2D eigenvalue weighted by molar-refractivity contribution is 5.78. The van der Waals surface area contributed by atoms with Crippen molar-refractivity contribution in [3.8, 4) is 0 Å². The summed E-state index contributed by atoms with van der Waals surface area (Å²) in [6, 6.07) is 9.37. The topological polar surface area (TPSA) is 75.6 Å². The number of amides is 1. The summed E-state index contributed by atoms with van der Waals surface area (Å²) in [5.74, 6) is 0.0177. The second kappa shape index (κ2) is 9.09. The third-order valence-electron chi connectivity index (χ3n) is 2.82. The van der Waals surface area contributed by atoms with Gasteiger partial charge >= 0.3 is 6.09 Å². The van der Waals surface area contributed by atoms with E-state index in [9.17, 15) is 14.7 Å². The molecule has 1 aromatic carbocycles. The molecule has 1 rings (SSSR count). The van der Waals surface area contributed by atoms with E-state index in [1.807, 2.05) is 30.3 Å². The van der Waals surface area contributed by atoms with Crippen molar-refractivity contribution in [2.75, 3.05) is 6.54 Å². The SMILES string of the molecule is CCC(=O)C[C@H](O)CCNC(=O)OCc1ccccc1. The van der Waals surface area contributed by atoms with Crippen LogP contribution in [0.4, 0.5) is 4.79 Å². The largest absolute Gasteiger partial charge is 0.445 e. The first kappa shape index (κ1) is 16.2. The summed E-state index contributed by atoms with van der Waals surface area (Å²) in [6.45, 7) is 2.25. The summed E-state index contributed by atoms with van der Waals surface area (Å²) in [5, 5.41) is 12.1. The Balaban J connectivity index is 2.12. The molecule has 0 saturated heterocycles. The van der Waals surface area contributed by atoms with Gasteiger partial charge in [-0.2, -0.15) is 0 Å². The van der Waals surface area contributed by atoms with Crippen LogP contribution in [0.25, 0.3) is 0 Å². The lowest BCUT2D eigenvalue weighted by Gasteiger charge is -2.10. The summed E-state index contributed by atoms with van der Waals surface area (Å²) in [5.41, 5.74) is 0.913. The molecule has 1 aromatic rings. The minimum Gasteiger partial charge on any atom is -0.445 e. The van der Waals surface area contributed by atoms with Gasteiger partial charge in [-0.05, 0) is 12.0 Å². The van der Waals surface area contributed by atoms with Gasteiger partial charge in [0.25, 0.3) is 0 Å². The van der Waals surface area contributed by atoms with Crippen LogP contribution in [-0.2, 0) is 16.1 Å². The van der Waals surface area contributed by atoms with Crippen LogP contribution in [0.3, 0.4) is 0 Å². The molecule has 0 aliphatic heterocycles. The molecule has 0 aliphatic rings. The van der Waals surface area contributed by atoms with Gasteiger partial charge in [0, 0.05) is 19.4 Å². The van der Waals surface area contributed by atoms with Crippen LogP contribution in [-0.4, -0.2) is 29.6 Å². The quantitative estimate of drug-likeness (QED) is 0.763. The molecule has 0 radical (unpaired) electrons. The van der Waals surface area contributed by atoms with Gasteiger partial charge in [-0.25, -0.2) is 4.79 Å². The van der Waals surface area contributed by atoms with Gasteiger partial charge in [0.2, 0.25) is 0 Å². The van der Waals surface area contributed by atoms with E-state index in [2.05, 4.69) is 5.32 Å². The number of carbonyl (C=O) groups excluding carboxylic acids is 2. The van der Waals surface area contributed by atoms with Gasteiger partial charge in [0.05, 0.1) is 6.10 Å². The monoisotopic (exact) mass is 279 g/mol. The zero-order valence-corrected chi connectivity index (χ0v) is 11.7. The zero-order valence-electron chi connectivity index (χ0n) is 11.7. The lowest BCUT2D eigenvalue weighted by atomic mass is 10.1. The average Bonchev–Trinajstić information content (AvgIpc) is 2.46. The van der Waals surface area contributed by atoms with Crippen molar-refractivity contribution in [3.63, 3.8) is 0 Å². The van der Waals surface area contributed by atoms with Crippen molar-refractivity contribution in [2.45, 2.75) is 38.9 Å². The Morgan fingerprint density at radius 1 is 1.30 bits per heavy atom. The molecule has 2 N–H and O–H groups in total. The molecule has 0 aliphatic carbocycles. The highest BCUT2D eigenvalue weighted by Crippen LogP contribution is 2.02. The number of carbonyl (C=O) groups is 2. The number of benzene rings is 1. The Kier molecular flexibility index (Phi) is 7.35. The number of aliphatic hydroxyl groups excluding tert-OH is 1. The van der Waals surface area contributed by atoms with E-state index in [1.54, 1.807) is 6.92 Å². The second-order valence-corrected chi connectivity index (χ2v) is 4.53. The van der Waals surface area contributed by atoms with Gasteiger partial charge in [0.15, 0.2) is 0 Å². The molecular formula is C15H21NO4. The maximum atomic E-state index is 11.4. The fourth-order valence-corrected chi connectivity index (χ4v) is 1.62. The van der Waals surface area contributed by atoms with Crippen LogP contribution >= 0.6 is 0 Å². The van der Waals surface area contributed by atoms with Crippen molar-refractivity contribution >= 4 is 11.9 Å². The first-order chi connectivity index (χ1) is 9.61. The second-order valence-electron chi connectivity index (χ2n) is 4.53. The van der Waals surface area contributed by atoms with Crippen LogP contribution in [0.5, 0.6) is 0 Å². The fraction of sp³-hybridized carbons (Fsp3) is 0.467. The fourth-order valence-electron chi connectivity index (χ4n) is 1.62.